The molecular formula is C19H32ClFIN5. The molecule has 1 atom stereocenters. The topological polar surface area (TPSA) is 42.9 Å². The van der Waals surface area contributed by atoms with Gasteiger partial charge in [-0.1, -0.05) is 31.5 Å². The molecule has 1 fully saturated rings. The van der Waals surface area contributed by atoms with Crippen LogP contribution in [0.1, 0.15) is 19.4 Å². The summed E-state index contributed by atoms with van der Waals surface area (Å²) in [4.78, 5) is 9.05. The van der Waals surface area contributed by atoms with Crippen molar-refractivity contribution in [3.8, 4) is 0 Å². The second kappa shape index (κ2) is 10.8. The molecule has 154 valence electrons. The summed E-state index contributed by atoms with van der Waals surface area (Å²) >= 11 is 6.23. The highest BCUT2D eigenvalue weighted by Crippen LogP contribution is 2.29. The van der Waals surface area contributed by atoms with E-state index < -0.39 is 0 Å². The summed E-state index contributed by atoms with van der Waals surface area (Å²) in [6.07, 6.45) is 0. The molecule has 0 bridgehead atoms. The first kappa shape index (κ1) is 24.4. The number of aliphatic imine (C=N–C) groups is 1. The van der Waals surface area contributed by atoms with Crippen molar-refractivity contribution in [2.24, 2.45) is 4.99 Å². The van der Waals surface area contributed by atoms with Crippen LogP contribution in [0, 0.1) is 5.82 Å². The number of piperazine rings is 1. The number of nitrogens with one attached hydrogen (secondary N) is 2. The number of hydrogen-bond donors (Lipinski definition) is 2. The molecule has 8 heteroatoms. The summed E-state index contributed by atoms with van der Waals surface area (Å²) in [6.45, 7) is 8.85. The van der Waals surface area contributed by atoms with Gasteiger partial charge in [0.05, 0.1) is 0 Å². The molecule has 1 aliphatic rings. The molecule has 0 amide bonds. The Bertz CT molecular complexity index is 641. The summed E-state index contributed by atoms with van der Waals surface area (Å²) in [5.74, 6) is 0.444. The third-order valence-electron chi connectivity index (χ3n) is 5.07. The number of rotatable bonds is 5. The third kappa shape index (κ3) is 7.03. The zero-order chi connectivity index (χ0) is 19.3. The quantitative estimate of drug-likeness (QED) is 0.363. The van der Waals surface area contributed by atoms with Crippen LogP contribution in [0.2, 0.25) is 5.02 Å². The SMILES string of the molecule is CN=C(NCC1CN(C)CCN1C)NCC(C)(C)c1ccc(F)cc1Cl.I. The van der Waals surface area contributed by atoms with E-state index in [0.717, 1.165) is 37.7 Å². The van der Waals surface area contributed by atoms with Crippen molar-refractivity contribution in [3.63, 3.8) is 0 Å². The van der Waals surface area contributed by atoms with Gasteiger partial charge in [0.1, 0.15) is 5.82 Å². The molecule has 27 heavy (non-hydrogen) atoms. The lowest BCUT2D eigenvalue weighted by Crippen LogP contribution is -2.55. The normalized spacial score (nSPS) is 19.5. The highest BCUT2D eigenvalue weighted by Gasteiger charge is 2.25. The molecular weight excluding hydrogens is 480 g/mol. The van der Waals surface area contributed by atoms with Gasteiger partial charge < -0.3 is 15.5 Å². The monoisotopic (exact) mass is 511 g/mol. The van der Waals surface area contributed by atoms with Crippen molar-refractivity contribution >= 4 is 41.5 Å². The minimum Gasteiger partial charge on any atom is -0.356 e. The lowest BCUT2D eigenvalue weighted by atomic mass is 9.84. The van der Waals surface area contributed by atoms with E-state index in [0.29, 0.717) is 17.6 Å². The Morgan fingerprint density at radius 1 is 1.30 bits per heavy atom. The highest BCUT2D eigenvalue weighted by atomic mass is 127. The number of benzene rings is 1. The molecule has 0 aliphatic carbocycles. The van der Waals surface area contributed by atoms with Crippen LogP contribution in [0.3, 0.4) is 0 Å². The number of halogens is 3. The maximum atomic E-state index is 13.3. The lowest BCUT2D eigenvalue weighted by molar-refractivity contribution is 0.116. The van der Waals surface area contributed by atoms with Crippen LogP contribution in [-0.4, -0.2) is 75.7 Å². The average molecular weight is 512 g/mol. The van der Waals surface area contributed by atoms with Crippen molar-refractivity contribution in [3.05, 3.63) is 34.6 Å². The number of likely N-dealkylation sites (N-methyl/N-ethyl adjacent to an activating group) is 2. The fourth-order valence-corrected chi connectivity index (χ4v) is 3.62. The lowest BCUT2D eigenvalue weighted by Gasteiger charge is -2.38. The summed E-state index contributed by atoms with van der Waals surface area (Å²) in [5, 5.41) is 7.24. The van der Waals surface area contributed by atoms with Gasteiger partial charge >= 0.3 is 0 Å². The van der Waals surface area contributed by atoms with Gasteiger partial charge in [0.15, 0.2) is 5.96 Å². The Hall–Kier alpha value is -0.640. The number of guanidine groups is 1. The molecule has 1 saturated heterocycles. The van der Waals surface area contributed by atoms with Gasteiger partial charge in [-0.25, -0.2) is 4.39 Å². The van der Waals surface area contributed by atoms with Crippen LogP contribution in [0.5, 0.6) is 0 Å². The summed E-state index contributed by atoms with van der Waals surface area (Å²) in [7, 11) is 6.08. The van der Waals surface area contributed by atoms with Gasteiger partial charge in [-0.05, 0) is 31.8 Å². The molecule has 1 aromatic carbocycles. The average Bonchev–Trinajstić information content (AvgIpc) is 2.57. The summed E-state index contributed by atoms with van der Waals surface area (Å²) < 4.78 is 13.3. The zero-order valence-electron chi connectivity index (χ0n) is 16.9. The van der Waals surface area contributed by atoms with Crippen LogP contribution in [0.4, 0.5) is 4.39 Å². The molecule has 1 aromatic rings. The first-order chi connectivity index (χ1) is 12.2. The van der Waals surface area contributed by atoms with Crippen molar-refractivity contribution < 1.29 is 4.39 Å². The largest absolute Gasteiger partial charge is 0.356 e. The minimum absolute atomic E-state index is 0. The second-order valence-electron chi connectivity index (χ2n) is 7.71. The maximum Gasteiger partial charge on any atom is 0.191 e. The number of nitrogens with zero attached hydrogens (tertiary/aromatic N) is 3. The Balaban J connectivity index is 0.00000364. The molecule has 1 aliphatic heterocycles. The van der Waals surface area contributed by atoms with E-state index >= 15 is 0 Å². The van der Waals surface area contributed by atoms with Crippen LogP contribution in [0.15, 0.2) is 23.2 Å². The van der Waals surface area contributed by atoms with Crippen molar-refractivity contribution in [1.29, 1.82) is 0 Å². The highest BCUT2D eigenvalue weighted by molar-refractivity contribution is 14.0. The van der Waals surface area contributed by atoms with Crippen LogP contribution in [0.25, 0.3) is 0 Å². The predicted octanol–water partition coefficient (Wildman–Crippen LogP) is 2.79. The van der Waals surface area contributed by atoms with Gasteiger partial charge in [-0.15, -0.1) is 24.0 Å². The van der Waals surface area contributed by atoms with E-state index in [-0.39, 0.29) is 35.2 Å². The fraction of sp³-hybridized carbons (Fsp3) is 0.632. The molecule has 2 rings (SSSR count). The van der Waals surface area contributed by atoms with E-state index in [9.17, 15) is 4.39 Å². The number of hydrogen-bond acceptors (Lipinski definition) is 3. The first-order valence-corrected chi connectivity index (χ1v) is 9.39. The Kier molecular flexibility index (Phi) is 9.74. The van der Waals surface area contributed by atoms with Crippen molar-refractivity contribution in [2.45, 2.75) is 25.3 Å². The van der Waals surface area contributed by atoms with E-state index in [1.807, 2.05) is 0 Å². The van der Waals surface area contributed by atoms with Crippen LogP contribution >= 0.6 is 35.6 Å². The van der Waals surface area contributed by atoms with Gasteiger partial charge in [-0.2, -0.15) is 0 Å². The van der Waals surface area contributed by atoms with E-state index in [1.165, 1.54) is 12.1 Å². The molecule has 5 nitrogen and oxygen atoms in total. The minimum atomic E-state index is -0.318. The van der Waals surface area contributed by atoms with Gasteiger partial charge in [0, 0.05) is 56.3 Å². The standard InChI is InChI=1S/C19H31ClFN5.HI/c1-19(2,16-7-6-14(21)10-17(16)20)13-24-18(22-3)23-11-15-12-25(4)8-9-26(15)5;/h6-7,10,15H,8-9,11-13H2,1-5H3,(H2,22,23,24);1H. The van der Waals surface area contributed by atoms with Crippen molar-refractivity contribution in [2.75, 3.05) is 53.9 Å². The third-order valence-corrected chi connectivity index (χ3v) is 5.38. The molecule has 0 radical (unpaired) electrons. The molecule has 0 aromatic heterocycles. The van der Waals surface area contributed by atoms with Crippen LogP contribution < -0.4 is 10.6 Å². The van der Waals surface area contributed by atoms with E-state index in [4.69, 9.17) is 11.6 Å². The van der Waals surface area contributed by atoms with E-state index in [2.05, 4.69) is 53.4 Å². The van der Waals surface area contributed by atoms with E-state index in [1.54, 1.807) is 13.1 Å². The van der Waals surface area contributed by atoms with Gasteiger partial charge in [0.2, 0.25) is 0 Å². The first-order valence-electron chi connectivity index (χ1n) is 9.02. The predicted molar refractivity (Wildman–Crippen MR) is 123 cm³/mol. The van der Waals surface area contributed by atoms with Gasteiger partial charge in [-0.3, -0.25) is 9.89 Å². The smallest absolute Gasteiger partial charge is 0.191 e. The summed E-state index contributed by atoms with van der Waals surface area (Å²) in [5.41, 5.74) is 0.654. The Morgan fingerprint density at radius 2 is 2.00 bits per heavy atom. The van der Waals surface area contributed by atoms with Gasteiger partial charge in [0.25, 0.3) is 0 Å². The maximum absolute atomic E-state index is 13.3. The Labute approximate surface area is 184 Å². The summed E-state index contributed by atoms with van der Waals surface area (Å²) in [6, 6.07) is 5.02. The van der Waals surface area contributed by atoms with Crippen molar-refractivity contribution in [1.82, 2.24) is 20.4 Å². The molecule has 2 N–H and O–H groups in total. The zero-order valence-corrected chi connectivity index (χ0v) is 19.9. The molecule has 1 heterocycles. The molecule has 0 saturated carbocycles. The molecule has 0 spiro atoms. The second-order valence-corrected chi connectivity index (χ2v) is 8.12. The van der Waals surface area contributed by atoms with Crippen LogP contribution in [-0.2, 0) is 5.41 Å². The Morgan fingerprint density at radius 3 is 2.63 bits per heavy atom. The fourth-order valence-electron chi connectivity index (χ4n) is 3.20. The molecule has 1 unspecified atom stereocenters.